The van der Waals surface area contributed by atoms with E-state index in [9.17, 15) is 4.79 Å². The van der Waals surface area contributed by atoms with Crippen molar-refractivity contribution in [2.75, 3.05) is 42.4 Å². The lowest BCUT2D eigenvalue weighted by atomic mass is 10.1. The van der Waals surface area contributed by atoms with Gasteiger partial charge in [0.05, 0.1) is 28.3 Å². The molecule has 0 bridgehead atoms. The molecule has 0 unspecified atom stereocenters. The average Bonchev–Trinajstić information content (AvgIpc) is 2.56. The highest BCUT2D eigenvalue weighted by molar-refractivity contribution is 6.31. The number of amides is 1. The quantitative estimate of drug-likeness (QED) is 0.559. The molecule has 0 spiro atoms. The van der Waals surface area contributed by atoms with E-state index in [4.69, 9.17) is 17.3 Å². The number of primary amides is 1. The van der Waals surface area contributed by atoms with Crippen LogP contribution in [-0.2, 0) is 0 Å². The molecule has 0 atom stereocenters. The highest BCUT2D eigenvalue weighted by atomic mass is 35.5. The van der Waals surface area contributed by atoms with Crippen LogP contribution in [0.5, 0.6) is 0 Å². The number of halogens is 1. The molecule has 0 aliphatic rings. The minimum atomic E-state index is -0.543. The maximum absolute atomic E-state index is 11.7. The molecule has 0 aliphatic carbocycles. The maximum atomic E-state index is 11.7. The SMILES string of the molecule is CNc1cc(NC)c(Nc2ccc(Cl)cc2C(N)=O)c(NC)c1. The van der Waals surface area contributed by atoms with Gasteiger partial charge in [0.2, 0.25) is 0 Å². The molecule has 122 valence electrons. The van der Waals surface area contributed by atoms with Gasteiger partial charge in [0.1, 0.15) is 0 Å². The van der Waals surface area contributed by atoms with Crippen LogP contribution in [-0.4, -0.2) is 27.1 Å². The van der Waals surface area contributed by atoms with Crippen molar-refractivity contribution < 1.29 is 4.79 Å². The lowest BCUT2D eigenvalue weighted by Gasteiger charge is -2.19. The smallest absolute Gasteiger partial charge is 0.250 e. The predicted molar refractivity (Wildman–Crippen MR) is 98.3 cm³/mol. The van der Waals surface area contributed by atoms with Gasteiger partial charge in [0, 0.05) is 31.9 Å². The lowest BCUT2D eigenvalue weighted by Crippen LogP contribution is -2.14. The molecule has 0 aromatic heterocycles. The van der Waals surface area contributed by atoms with Crippen LogP contribution in [0.25, 0.3) is 0 Å². The summed E-state index contributed by atoms with van der Waals surface area (Å²) < 4.78 is 0. The number of carbonyl (C=O) groups is 1. The fraction of sp³-hybridized carbons (Fsp3) is 0.188. The van der Waals surface area contributed by atoms with Gasteiger partial charge in [-0.2, -0.15) is 0 Å². The third-order valence-electron chi connectivity index (χ3n) is 3.47. The van der Waals surface area contributed by atoms with Crippen LogP contribution in [0.4, 0.5) is 28.4 Å². The molecule has 1 amide bonds. The van der Waals surface area contributed by atoms with Crippen LogP contribution in [0, 0.1) is 0 Å². The van der Waals surface area contributed by atoms with Crippen molar-refractivity contribution >= 4 is 45.9 Å². The Morgan fingerprint density at radius 1 is 0.957 bits per heavy atom. The van der Waals surface area contributed by atoms with Crippen molar-refractivity contribution in [2.45, 2.75) is 0 Å². The fourth-order valence-electron chi connectivity index (χ4n) is 2.28. The Hall–Kier alpha value is -2.60. The van der Waals surface area contributed by atoms with Gasteiger partial charge in [0.25, 0.3) is 5.91 Å². The second-order valence-corrected chi connectivity index (χ2v) is 5.31. The monoisotopic (exact) mass is 333 g/mol. The zero-order valence-electron chi connectivity index (χ0n) is 13.3. The molecule has 0 heterocycles. The molecule has 2 aromatic carbocycles. The molecule has 0 saturated carbocycles. The molecule has 0 fully saturated rings. The molecule has 2 rings (SSSR count). The number of hydrogen-bond donors (Lipinski definition) is 5. The summed E-state index contributed by atoms with van der Waals surface area (Å²) in [5, 5.41) is 13.1. The van der Waals surface area contributed by atoms with Gasteiger partial charge in [-0.1, -0.05) is 11.6 Å². The summed E-state index contributed by atoms with van der Waals surface area (Å²) in [7, 11) is 5.51. The van der Waals surface area contributed by atoms with E-state index >= 15 is 0 Å². The Morgan fingerprint density at radius 3 is 2.04 bits per heavy atom. The van der Waals surface area contributed by atoms with Crippen molar-refractivity contribution in [3.05, 3.63) is 40.9 Å². The van der Waals surface area contributed by atoms with Crippen molar-refractivity contribution in [2.24, 2.45) is 5.73 Å². The van der Waals surface area contributed by atoms with Crippen LogP contribution in [0.15, 0.2) is 30.3 Å². The zero-order valence-corrected chi connectivity index (χ0v) is 14.0. The number of rotatable bonds is 6. The molecule has 0 radical (unpaired) electrons. The van der Waals surface area contributed by atoms with Crippen LogP contribution >= 0.6 is 11.6 Å². The fourth-order valence-corrected chi connectivity index (χ4v) is 2.45. The minimum Gasteiger partial charge on any atom is -0.388 e. The van der Waals surface area contributed by atoms with Gasteiger partial charge in [-0.05, 0) is 30.3 Å². The molecule has 0 saturated heterocycles. The third kappa shape index (κ3) is 3.60. The van der Waals surface area contributed by atoms with Gasteiger partial charge >= 0.3 is 0 Å². The highest BCUT2D eigenvalue weighted by Crippen LogP contribution is 2.37. The first kappa shape index (κ1) is 16.8. The number of benzene rings is 2. The van der Waals surface area contributed by atoms with Gasteiger partial charge in [-0.15, -0.1) is 0 Å². The summed E-state index contributed by atoms with van der Waals surface area (Å²) in [4.78, 5) is 11.7. The molecule has 0 aliphatic heterocycles. The topological polar surface area (TPSA) is 91.2 Å². The second kappa shape index (κ2) is 7.11. The lowest BCUT2D eigenvalue weighted by molar-refractivity contribution is 0.100. The van der Waals surface area contributed by atoms with Crippen molar-refractivity contribution in [3.63, 3.8) is 0 Å². The largest absolute Gasteiger partial charge is 0.388 e. The molecule has 2 aromatic rings. The molecule has 23 heavy (non-hydrogen) atoms. The highest BCUT2D eigenvalue weighted by Gasteiger charge is 2.14. The number of nitrogens with one attached hydrogen (secondary N) is 4. The van der Waals surface area contributed by atoms with E-state index < -0.39 is 5.91 Å². The second-order valence-electron chi connectivity index (χ2n) is 4.88. The average molecular weight is 334 g/mol. The van der Waals surface area contributed by atoms with Gasteiger partial charge in [0.15, 0.2) is 0 Å². The van der Waals surface area contributed by atoms with Crippen molar-refractivity contribution in [3.8, 4) is 0 Å². The predicted octanol–water partition coefficient (Wildman–Crippen LogP) is 3.31. The van der Waals surface area contributed by atoms with Crippen LogP contribution < -0.4 is 27.0 Å². The van der Waals surface area contributed by atoms with E-state index in [1.807, 2.05) is 33.3 Å². The molecule has 6 nitrogen and oxygen atoms in total. The van der Waals surface area contributed by atoms with E-state index in [2.05, 4.69) is 21.3 Å². The van der Waals surface area contributed by atoms with Crippen LogP contribution in [0.3, 0.4) is 0 Å². The Kier molecular flexibility index (Phi) is 5.18. The summed E-state index contributed by atoms with van der Waals surface area (Å²) in [6, 6.07) is 8.90. The first-order chi connectivity index (χ1) is 11.0. The molecular formula is C16H20ClN5O. The standard InChI is InChI=1S/C16H20ClN5O/c1-19-10-7-13(20-2)15(14(8-10)21-3)22-12-5-4-9(17)6-11(12)16(18)23/h4-8,19-22H,1-3H3,(H2,18,23). The number of carbonyl (C=O) groups excluding carboxylic acids is 1. The van der Waals surface area contributed by atoms with Gasteiger partial charge in [-0.25, -0.2) is 0 Å². The first-order valence-corrected chi connectivity index (χ1v) is 7.45. The Labute approximate surface area is 140 Å². The van der Waals surface area contributed by atoms with Crippen molar-refractivity contribution in [1.29, 1.82) is 0 Å². The van der Waals surface area contributed by atoms with Crippen LogP contribution in [0.1, 0.15) is 10.4 Å². The summed E-state index contributed by atoms with van der Waals surface area (Å²) in [6.45, 7) is 0. The minimum absolute atomic E-state index is 0.333. The van der Waals surface area contributed by atoms with E-state index in [1.54, 1.807) is 18.2 Å². The van der Waals surface area contributed by atoms with Crippen LogP contribution in [0.2, 0.25) is 5.02 Å². The number of anilines is 5. The molecule has 7 heteroatoms. The Balaban J connectivity index is 2.54. The van der Waals surface area contributed by atoms with Gasteiger partial charge in [-0.3, -0.25) is 4.79 Å². The molecular weight excluding hydrogens is 314 g/mol. The molecule has 6 N–H and O–H groups in total. The maximum Gasteiger partial charge on any atom is 0.250 e. The number of hydrogen-bond acceptors (Lipinski definition) is 5. The van der Waals surface area contributed by atoms with E-state index in [0.717, 1.165) is 22.7 Å². The Bertz CT molecular complexity index is 707. The van der Waals surface area contributed by atoms with E-state index in [0.29, 0.717) is 16.3 Å². The third-order valence-corrected chi connectivity index (χ3v) is 3.71. The van der Waals surface area contributed by atoms with E-state index in [1.165, 1.54) is 0 Å². The van der Waals surface area contributed by atoms with E-state index in [-0.39, 0.29) is 0 Å². The summed E-state index contributed by atoms with van der Waals surface area (Å²) >= 11 is 5.95. The normalized spacial score (nSPS) is 10.1. The Morgan fingerprint density at radius 2 is 1.57 bits per heavy atom. The number of nitrogens with two attached hydrogens (primary N) is 1. The summed E-state index contributed by atoms with van der Waals surface area (Å²) in [5.74, 6) is -0.543. The van der Waals surface area contributed by atoms with Crippen molar-refractivity contribution in [1.82, 2.24) is 0 Å². The zero-order chi connectivity index (χ0) is 17.0. The first-order valence-electron chi connectivity index (χ1n) is 7.07. The van der Waals surface area contributed by atoms with Gasteiger partial charge < -0.3 is 27.0 Å². The summed E-state index contributed by atoms with van der Waals surface area (Å²) in [5.41, 5.74) is 9.86. The summed E-state index contributed by atoms with van der Waals surface area (Å²) in [6.07, 6.45) is 0.